The van der Waals surface area contributed by atoms with Gasteiger partial charge >= 0.3 is 0 Å². The molecule has 2 heterocycles. The number of hydrogen-bond acceptors (Lipinski definition) is 6. The van der Waals surface area contributed by atoms with Crippen LogP contribution in [0.2, 0.25) is 0 Å². The maximum Gasteiger partial charge on any atom is 0.258 e. The van der Waals surface area contributed by atoms with Crippen LogP contribution >= 0.6 is 0 Å². The molecule has 0 saturated heterocycles. The summed E-state index contributed by atoms with van der Waals surface area (Å²) in [5, 5.41) is 16.7. The molecule has 6 nitrogen and oxygen atoms in total. The van der Waals surface area contributed by atoms with Gasteiger partial charge in [0.1, 0.15) is 5.82 Å². The topological polar surface area (TPSA) is 84.1 Å². The maximum absolute atomic E-state index is 9.18. The molecular formula is C17H24N4O2. The molecule has 2 atom stereocenters. The predicted octanol–water partition coefficient (Wildman–Crippen LogP) is 3.22. The lowest BCUT2D eigenvalue weighted by Gasteiger charge is -2.20. The first-order valence-electron chi connectivity index (χ1n) is 8.35. The Balaban J connectivity index is 1.74. The first kappa shape index (κ1) is 15.9. The predicted molar refractivity (Wildman–Crippen MR) is 88.1 cm³/mol. The molecule has 1 fully saturated rings. The van der Waals surface area contributed by atoms with Crippen LogP contribution in [0.15, 0.2) is 22.9 Å². The van der Waals surface area contributed by atoms with Crippen LogP contribution in [0.1, 0.15) is 51.3 Å². The standard InChI is InChI=1S/C17H24N4O2/c1-11(2)16-20-17(23-21-16)13-6-8-18-15(10-13)19-14-5-3-4-12(14)7-9-22/h6,8,10-12,14,22H,3-5,7,9H2,1-2H3,(H,18,19). The van der Waals surface area contributed by atoms with Crippen LogP contribution in [0.5, 0.6) is 0 Å². The number of pyridine rings is 1. The fourth-order valence-corrected chi connectivity index (χ4v) is 3.16. The van der Waals surface area contributed by atoms with Crippen LogP contribution in [0.4, 0.5) is 5.82 Å². The average Bonchev–Trinajstić information content (AvgIpc) is 3.18. The van der Waals surface area contributed by atoms with Crippen molar-refractivity contribution in [1.29, 1.82) is 0 Å². The zero-order chi connectivity index (χ0) is 16.2. The molecule has 124 valence electrons. The highest BCUT2D eigenvalue weighted by atomic mass is 16.5. The van der Waals surface area contributed by atoms with Gasteiger partial charge in [0.25, 0.3) is 5.89 Å². The summed E-state index contributed by atoms with van der Waals surface area (Å²) >= 11 is 0. The molecule has 2 aromatic rings. The third kappa shape index (κ3) is 3.69. The van der Waals surface area contributed by atoms with Gasteiger partial charge in [0, 0.05) is 30.3 Å². The molecule has 1 aliphatic rings. The summed E-state index contributed by atoms with van der Waals surface area (Å²) in [4.78, 5) is 8.83. The van der Waals surface area contributed by atoms with Gasteiger partial charge in [-0.1, -0.05) is 25.4 Å². The van der Waals surface area contributed by atoms with Crippen LogP contribution in [-0.2, 0) is 0 Å². The molecular weight excluding hydrogens is 292 g/mol. The second-order valence-electron chi connectivity index (χ2n) is 6.50. The van der Waals surface area contributed by atoms with Crippen LogP contribution in [0, 0.1) is 5.92 Å². The zero-order valence-corrected chi connectivity index (χ0v) is 13.7. The third-order valence-electron chi connectivity index (χ3n) is 4.46. The molecule has 0 aliphatic heterocycles. The first-order valence-corrected chi connectivity index (χ1v) is 8.35. The normalized spacial score (nSPS) is 21.0. The van der Waals surface area contributed by atoms with Gasteiger partial charge in [0.05, 0.1) is 0 Å². The van der Waals surface area contributed by atoms with Crippen molar-refractivity contribution in [1.82, 2.24) is 15.1 Å². The van der Waals surface area contributed by atoms with Crippen molar-refractivity contribution in [2.45, 2.75) is 51.5 Å². The summed E-state index contributed by atoms with van der Waals surface area (Å²) in [6.45, 7) is 4.32. The van der Waals surface area contributed by atoms with Crippen molar-refractivity contribution >= 4 is 5.82 Å². The van der Waals surface area contributed by atoms with E-state index in [1.54, 1.807) is 6.20 Å². The van der Waals surface area contributed by atoms with Crippen LogP contribution in [0.3, 0.4) is 0 Å². The van der Waals surface area contributed by atoms with Gasteiger partial charge < -0.3 is 14.9 Å². The minimum atomic E-state index is 0.240. The number of anilines is 1. The molecule has 2 unspecified atom stereocenters. The maximum atomic E-state index is 9.18. The lowest BCUT2D eigenvalue weighted by Crippen LogP contribution is -2.25. The summed E-state index contributed by atoms with van der Waals surface area (Å²) in [6, 6.07) is 4.20. The summed E-state index contributed by atoms with van der Waals surface area (Å²) < 4.78 is 5.35. The number of hydrogen-bond donors (Lipinski definition) is 2. The van der Waals surface area contributed by atoms with E-state index in [9.17, 15) is 5.11 Å². The quantitative estimate of drug-likeness (QED) is 0.851. The number of aliphatic hydroxyl groups is 1. The highest BCUT2D eigenvalue weighted by Gasteiger charge is 2.27. The molecule has 2 N–H and O–H groups in total. The minimum Gasteiger partial charge on any atom is -0.396 e. The van der Waals surface area contributed by atoms with E-state index in [1.165, 1.54) is 12.8 Å². The largest absolute Gasteiger partial charge is 0.396 e. The van der Waals surface area contributed by atoms with Crippen molar-refractivity contribution in [3.05, 3.63) is 24.2 Å². The summed E-state index contributed by atoms with van der Waals surface area (Å²) in [7, 11) is 0. The lowest BCUT2D eigenvalue weighted by molar-refractivity contribution is 0.254. The van der Waals surface area contributed by atoms with Gasteiger partial charge in [0.15, 0.2) is 5.82 Å². The van der Waals surface area contributed by atoms with Gasteiger partial charge in [0.2, 0.25) is 0 Å². The molecule has 6 heteroatoms. The van der Waals surface area contributed by atoms with Crippen molar-refractivity contribution in [2.75, 3.05) is 11.9 Å². The molecule has 0 spiro atoms. The van der Waals surface area contributed by atoms with E-state index < -0.39 is 0 Å². The SMILES string of the molecule is CC(C)c1noc(-c2ccnc(NC3CCCC3CCO)c2)n1. The molecule has 23 heavy (non-hydrogen) atoms. The molecule has 0 amide bonds. The van der Waals surface area contributed by atoms with E-state index in [2.05, 4.69) is 20.4 Å². The minimum absolute atomic E-state index is 0.240. The fourth-order valence-electron chi connectivity index (χ4n) is 3.16. The Morgan fingerprint density at radius 2 is 2.26 bits per heavy atom. The molecule has 2 aromatic heterocycles. The Bertz CT molecular complexity index is 641. The van der Waals surface area contributed by atoms with E-state index in [0.29, 0.717) is 23.7 Å². The van der Waals surface area contributed by atoms with Crippen LogP contribution < -0.4 is 5.32 Å². The number of nitrogens with zero attached hydrogens (tertiary/aromatic N) is 3. The Morgan fingerprint density at radius 3 is 3.00 bits per heavy atom. The average molecular weight is 316 g/mol. The number of rotatable bonds is 6. The van der Waals surface area contributed by atoms with Crippen molar-refractivity contribution in [3.8, 4) is 11.5 Å². The summed E-state index contributed by atoms with van der Waals surface area (Å²) in [5.41, 5.74) is 0.874. The Labute approximate surface area is 136 Å². The van der Waals surface area contributed by atoms with E-state index in [0.717, 1.165) is 24.2 Å². The van der Waals surface area contributed by atoms with Crippen molar-refractivity contribution < 1.29 is 9.63 Å². The molecule has 0 aromatic carbocycles. The number of aromatic nitrogens is 3. The van der Waals surface area contributed by atoms with Gasteiger partial charge in [-0.25, -0.2) is 4.98 Å². The number of aliphatic hydroxyl groups excluding tert-OH is 1. The van der Waals surface area contributed by atoms with E-state index in [4.69, 9.17) is 4.52 Å². The molecule has 0 radical (unpaired) electrons. The van der Waals surface area contributed by atoms with Gasteiger partial charge in [-0.15, -0.1) is 0 Å². The summed E-state index contributed by atoms with van der Waals surface area (Å²) in [5.74, 6) is 2.82. The highest BCUT2D eigenvalue weighted by molar-refractivity contribution is 5.58. The van der Waals surface area contributed by atoms with Gasteiger partial charge in [-0.3, -0.25) is 0 Å². The van der Waals surface area contributed by atoms with Crippen molar-refractivity contribution in [3.63, 3.8) is 0 Å². The Hall–Kier alpha value is -1.95. The number of nitrogens with one attached hydrogen (secondary N) is 1. The monoisotopic (exact) mass is 316 g/mol. The van der Waals surface area contributed by atoms with Gasteiger partial charge in [-0.05, 0) is 37.3 Å². The van der Waals surface area contributed by atoms with Crippen molar-refractivity contribution in [2.24, 2.45) is 5.92 Å². The molecule has 1 saturated carbocycles. The summed E-state index contributed by atoms with van der Waals surface area (Å²) in [6.07, 6.45) is 6.09. The Kier molecular flexibility index (Phi) is 4.91. The first-order chi connectivity index (χ1) is 11.2. The smallest absolute Gasteiger partial charge is 0.258 e. The second-order valence-corrected chi connectivity index (χ2v) is 6.50. The Morgan fingerprint density at radius 1 is 1.39 bits per heavy atom. The third-order valence-corrected chi connectivity index (χ3v) is 4.46. The van der Waals surface area contributed by atoms with E-state index in [-0.39, 0.29) is 12.5 Å². The zero-order valence-electron chi connectivity index (χ0n) is 13.7. The van der Waals surface area contributed by atoms with Crippen LogP contribution in [0.25, 0.3) is 11.5 Å². The molecule has 1 aliphatic carbocycles. The van der Waals surface area contributed by atoms with Crippen LogP contribution in [-0.4, -0.2) is 32.9 Å². The highest BCUT2D eigenvalue weighted by Crippen LogP contribution is 2.31. The van der Waals surface area contributed by atoms with E-state index in [1.807, 2.05) is 26.0 Å². The molecule has 0 bridgehead atoms. The second kappa shape index (κ2) is 7.08. The van der Waals surface area contributed by atoms with Gasteiger partial charge in [-0.2, -0.15) is 4.98 Å². The fraction of sp³-hybridized carbons (Fsp3) is 0.588. The van der Waals surface area contributed by atoms with E-state index >= 15 is 0 Å². The lowest BCUT2D eigenvalue weighted by atomic mass is 10.00. The molecule has 3 rings (SSSR count).